The molecular weight excluding hydrogens is 450 g/mol. The first kappa shape index (κ1) is 19.9. The minimum atomic E-state index is -0.335. The summed E-state index contributed by atoms with van der Waals surface area (Å²) in [5.74, 6) is 0.748. The fourth-order valence-corrected chi connectivity index (χ4v) is 5.19. The van der Waals surface area contributed by atoms with Crippen LogP contribution in [0.5, 0.6) is 5.75 Å². The number of hydrogen-bond acceptors (Lipinski definition) is 4. The van der Waals surface area contributed by atoms with E-state index in [0.29, 0.717) is 0 Å². The third-order valence-electron chi connectivity index (χ3n) is 4.97. The first-order valence-electron chi connectivity index (χ1n) is 9.29. The molecule has 0 bridgehead atoms. The number of ether oxygens (including phenoxy) is 1. The number of amides is 1. The van der Waals surface area contributed by atoms with E-state index in [1.807, 2.05) is 67.1 Å². The van der Waals surface area contributed by atoms with E-state index in [9.17, 15) is 4.79 Å². The number of thioether (sulfide) groups is 1. The zero-order chi connectivity index (χ0) is 20.5. The molecule has 0 fully saturated rings. The summed E-state index contributed by atoms with van der Waals surface area (Å²) in [7, 11) is 1.65. The molecule has 0 saturated carbocycles. The fraction of sp³-hybridized carbons (Fsp3) is 0.227. The maximum Gasteiger partial charge on any atom is 0.240 e. The topological polar surface area (TPSA) is 55.3 Å². The van der Waals surface area contributed by atoms with Gasteiger partial charge in [0.05, 0.1) is 23.9 Å². The predicted octanol–water partition coefficient (Wildman–Crippen LogP) is 5.27. The molecule has 1 aliphatic rings. The molecule has 2 N–H and O–H groups in total. The first-order chi connectivity index (χ1) is 14.0. The van der Waals surface area contributed by atoms with Gasteiger partial charge in [0.25, 0.3) is 0 Å². The summed E-state index contributed by atoms with van der Waals surface area (Å²) >= 11 is 5.12. The summed E-state index contributed by atoms with van der Waals surface area (Å²) in [5, 5.41) is 3.78. The molecule has 3 aromatic rings. The molecule has 7 heteroatoms. The molecule has 5 nitrogen and oxygen atoms in total. The lowest BCUT2D eigenvalue weighted by molar-refractivity contribution is -0.116. The van der Waals surface area contributed by atoms with E-state index < -0.39 is 0 Å². The van der Waals surface area contributed by atoms with Crippen LogP contribution in [0.2, 0.25) is 0 Å². The lowest BCUT2D eigenvalue weighted by Gasteiger charge is -2.34. The van der Waals surface area contributed by atoms with Crippen LogP contribution in [-0.2, 0) is 4.79 Å². The number of carbonyl (C=O) groups excluding carboxylic acids is 1. The smallest absolute Gasteiger partial charge is 0.240 e. The van der Waals surface area contributed by atoms with Gasteiger partial charge in [0, 0.05) is 10.2 Å². The SMILES string of the molecule is COc1ccc([C@H]2Nn3c(C)ccc3S[C@@H]2C(=O)Nc2ccc(C)cc2Br)cc1. The first-order valence-corrected chi connectivity index (χ1v) is 11.0. The second-order valence-corrected chi connectivity index (χ2v) is 9.06. The summed E-state index contributed by atoms with van der Waals surface area (Å²) in [6.07, 6.45) is 0. The van der Waals surface area contributed by atoms with Crippen molar-refractivity contribution in [2.75, 3.05) is 17.9 Å². The van der Waals surface area contributed by atoms with Gasteiger partial charge in [-0.15, -0.1) is 0 Å². The molecule has 0 saturated heterocycles. The lowest BCUT2D eigenvalue weighted by atomic mass is 10.0. The Labute approximate surface area is 182 Å². The molecule has 0 spiro atoms. The second-order valence-electron chi connectivity index (χ2n) is 7.04. The van der Waals surface area contributed by atoms with E-state index in [4.69, 9.17) is 4.74 Å². The highest BCUT2D eigenvalue weighted by Gasteiger charge is 2.36. The Morgan fingerprint density at radius 3 is 2.59 bits per heavy atom. The van der Waals surface area contributed by atoms with Crippen molar-refractivity contribution in [2.24, 2.45) is 0 Å². The number of anilines is 1. The molecule has 1 amide bonds. The zero-order valence-corrected chi connectivity index (χ0v) is 18.8. The van der Waals surface area contributed by atoms with Crippen LogP contribution in [0.15, 0.2) is 64.1 Å². The largest absolute Gasteiger partial charge is 0.497 e. The van der Waals surface area contributed by atoms with Gasteiger partial charge in [0.1, 0.15) is 11.0 Å². The van der Waals surface area contributed by atoms with E-state index in [0.717, 1.165) is 37.8 Å². The van der Waals surface area contributed by atoms with Crippen molar-refractivity contribution in [2.45, 2.75) is 30.2 Å². The van der Waals surface area contributed by atoms with Crippen molar-refractivity contribution in [3.8, 4) is 5.75 Å². The fourth-order valence-electron chi connectivity index (χ4n) is 3.37. The molecule has 0 unspecified atom stereocenters. The summed E-state index contributed by atoms with van der Waals surface area (Å²) in [5.41, 5.74) is 7.56. The van der Waals surface area contributed by atoms with E-state index >= 15 is 0 Å². The quantitative estimate of drug-likeness (QED) is 0.543. The van der Waals surface area contributed by atoms with Crippen molar-refractivity contribution < 1.29 is 9.53 Å². The van der Waals surface area contributed by atoms with Gasteiger partial charge >= 0.3 is 0 Å². The van der Waals surface area contributed by atoms with Crippen LogP contribution < -0.4 is 15.5 Å². The molecule has 150 valence electrons. The third kappa shape index (κ3) is 4.02. The normalized spacial score (nSPS) is 17.9. The van der Waals surface area contributed by atoms with Crippen molar-refractivity contribution >= 4 is 39.3 Å². The van der Waals surface area contributed by atoms with Crippen molar-refractivity contribution in [1.29, 1.82) is 0 Å². The Hall–Kier alpha value is -2.38. The molecule has 2 heterocycles. The summed E-state index contributed by atoms with van der Waals surface area (Å²) < 4.78 is 8.20. The molecule has 0 aliphatic carbocycles. The number of halogens is 1. The number of nitrogens with one attached hydrogen (secondary N) is 2. The molecule has 2 aromatic carbocycles. The van der Waals surface area contributed by atoms with Crippen LogP contribution in [-0.4, -0.2) is 22.9 Å². The van der Waals surface area contributed by atoms with Gasteiger partial charge < -0.3 is 15.5 Å². The molecular formula is C22H22BrN3O2S. The van der Waals surface area contributed by atoms with Crippen molar-refractivity contribution in [3.05, 3.63) is 75.9 Å². The molecule has 2 atom stereocenters. The lowest BCUT2D eigenvalue weighted by Crippen LogP contribution is -2.41. The third-order valence-corrected chi connectivity index (χ3v) is 6.93. The van der Waals surface area contributed by atoms with Crippen LogP contribution >= 0.6 is 27.7 Å². The number of hydrogen-bond donors (Lipinski definition) is 2. The Morgan fingerprint density at radius 1 is 1.14 bits per heavy atom. The standard InChI is InChI=1S/C22H22BrN3O2S/c1-13-4-10-18(17(23)12-13)24-22(27)21-20(15-6-8-16(28-3)9-7-15)25-26-14(2)5-11-19(26)29-21/h4-12,20-21,25H,1-3H3,(H,24,27)/t20-,21+/m1/s1. The highest BCUT2D eigenvalue weighted by Crippen LogP contribution is 2.39. The molecule has 29 heavy (non-hydrogen) atoms. The number of carbonyl (C=O) groups is 1. The van der Waals surface area contributed by atoms with Crippen LogP contribution in [0.3, 0.4) is 0 Å². The number of fused-ring (bicyclic) bond motifs is 1. The Kier molecular flexibility index (Phi) is 5.61. The Morgan fingerprint density at radius 2 is 1.90 bits per heavy atom. The number of benzene rings is 2. The van der Waals surface area contributed by atoms with Gasteiger partial charge in [0.2, 0.25) is 5.91 Å². The highest BCUT2D eigenvalue weighted by molar-refractivity contribution is 9.10. The van der Waals surface area contributed by atoms with Crippen LogP contribution in [0.1, 0.15) is 22.9 Å². The van der Waals surface area contributed by atoms with E-state index in [1.165, 1.54) is 0 Å². The average molecular weight is 472 g/mol. The summed E-state index contributed by atoms with van der Waals surface area (Å²) in [4.78, 5) is 13.3. The van der Waals surface area contributed by atoms with Gasteiger partial charge in [-0.3, -0.25) is 9.47 Å². The maximum atomic E-state index is 13.3. The van der Waals surface area contributed by atoms with Gasteiger partial charge in [0.15, 0.2) is 0 Å². The van der Waals surface area contributed by atoms with Gasteiger partial charge in [-0.25, -0.2) is 0 Å². The summed E-state index contributed by atoms with van der Waals surface area (Å²) in [6.45, 7) is 4.07. The van der Waals surface area contributed by atoms with Crippen molar-refractivity contribution in [3.63, 3.8) is 0 Å². The predicted molar refractivity (Wildman–Crippen MR) is 121 cm³/mol. The van der Waals surface area contributed by atoms with Gasteiger partial charge in [-0.1, -0.05) is 30.0 Å². The monoisotopic (exact) mass is 471 g/mol. The molecule has 1 aliphatic heterocycles. The van der Waals surface area contributed by atoms with E-state index in [1.54, 1.807) is 18.9 Å². The summed E-state index contributed by atoms with van der Waals surface area (Å²) in [6, 6.07) is 17.7. The minimum absolute atomic E-state index is 0.0435. The number of aromatic nitrogens is 1. The zero-order valence-electron chi connectivity index (χ0n) is 16.4. The van der Waals surface area contributed by atoms with Crippen LogP contribution in [0.4, 0.5) is 5.69 Å². The van der Waals surface area contributed by atoms with Gasteiger partial charge in [-0.2, -0.15) is 0 Å². The number of methoxy groups -OCH3 is 1. The Bertz CT molecular complexity index is 1050. The van der Waals surface area contributed by atoms with E-state index in [-0.39, 0.29) is 17.2 Å². The number of rotatable bonds is 4. The highest BCUT2D eigenvalue weighted by atomic mass is 79.9. The number of aryl methyl sites for hydroxylation is 2. The molecule has 1 aromatic heterocycles. The molecule has 0 radical (unpaired) electrons. The van der Waals surface area contributed by atoms with Crippen molar-refractivity contribution in [1.82, 2.24) is 4.68 Å². The number of nitrogens with zero attached hydrogens (tertiary/aromatic N) is 1. The average Bonchev–Trinajstić information content (AvgIpc) is 3.09. The van der Waals surface area contributed by atoms with E-state index in [2.05, 4.69) is 32.7 Å². The van der Waals surface area contributed by atoms with Crippen LogP contribution in [0.25, 0.3) is 0 Å². The maximum absolute atomic E-state index is 13.3. The Balaban J connectivity index is 1.66. The second kappa shape index (κ2) is 8.16. The van der Waals surface area contributed by atoms with Crippen LogP contribution in [0, 0.1) is 13.8 Å². The van der Waals surface area contributed by atoms with Gasteiger partial charge in [-0.05, 0) is 77.3 Å². The molecule has 4 rings (SSSR count). The minimum Gasteiger partial charge on any atom is -0.497 e.